The number of benzene rings is 9. The molecule has 0 atom stereocenters. The van der Waals surface area contributed by atoms with Crippen molar-refractivity contribution in [2.24, 2.45) is 0 Å². The van der Waals surface area contributed by atoms with Crippen LogP contribution in [0.1, 0.15) is 0 Å². The molecule has 0 saturated carbocycles. The zero-order valence-corrected chi connectivity index (χ0v) is 30.8. The van der Waals surface area contributed by atoms with Crippen LogP contribution in [0.5, 0.6) is 0 Å². The van der Waals surface area contributed by atoms with Gasteiger partial charge in [-0.1, -0.05) is 164 Å². The Labute approximate surface area is 329 Å². The first-order valence-electron chi connectivity index (χ1n) is 19.2. The zero-order valence-electron chi connectivity index (χ0n) is 30.8. The first-order valence-corrected chi connectivity index (χ1v) is 19.2. The van der Waals surface area contributed by atoms with Crippen LogP contribution in [0.3, 0.4) is 0 Å². The zero-order chi connectivity index (χ0) is 37.7. The summed E-state index contributed by atoms with van der Waals surface area (Å²) >= 11 is 0. The Morgan fingerprint density at radius 1 is 0.281 bits per heavy atom. The summed E-state index contributed by atoms with van der Waals surface area (Å²) < 4.78 is 6.65. The molecule has 0 aliphatic heterocycles. The molecule has 4 heteroatoms. The number of hydrogen-bond donors (Lipinski definition) is 0. The van der Waals surface area contributed by atoms with Crippen LogP contribution in [0.25, 0.3) is 111 Å². The molecule has 0 saturated heterocycles. The van der Waals surface area contributed by atoms with Crippen LogP contribution < -0.4 is 0 Å². The normalized spacial score (nSPS) is 11.5. The van der Waals surface area contributed by atoms with E-state index in [9.17, 15) is 0 Å². The van der Waals surface area contributed by atoms with Gasteiger partial charge < -0.3 is 4.42 Å². The van der Waals surface area contributed by atoms with Crippen molar-refractivity contribution >= 4 is 43.5 Å². The summed E-state index contributed by atoms with van der Waals surface area (Å²) in [7, 11) is 0. The molecule has 0 radical (unpaired) electrons. The molecule has 2 heterocycles. The molecule has 0 spiro atoms. The lowest BCUT2D eigenvalue weighted by Gasteiger charge is -2.12. The second-order valence-corrected chi connectivity index (χ2v) is 14.4. The van der Waals surface area contributed by atoms with Gasteiger partial charge in [-0.2, -0.15) is 0 Å². The van der Waals surface area contributed by atoms with Gasteiger partial charge in [0.2, 0.25) is 0 Å². The molecule has 9 aromatic carbocycles. The highest BCUT2D eigenvalue weighted by molar-refractivity contribution is 6.22. The Hall–Kier alpha value is -7.69. The largest absolute Gasteiger partial charge is 0.456 e. The maximum Gasteiger partial charge on any atom is 0.164 e. The van der Waals surface area contributed by atoms with E-state index in [4.69, 9.17) is 19.4 Å². The molecule has 11 aromatic rings. The first-order chi connectivity index (χ1) is 28.2. The molecule has 0 unspecified atom stereocenters. The fourth-order valence-corrected chi connectivity index (χ4v) is 8.05. The van der Waals surface area contributed by atoms with E-state index in [-0.39, 0.29) is 0 Å². The van der Waals surface area contributed by atoms with E-state index in [2.05, 4.69) is 164 Å². The summed E-state index contributed by atoms with van der Waals surface area (Å²) in [6, 6.07) is 70.0. The fraction of sp³-hybridized carbons (Fsp3) is 0. The van der Waals surface area contributed by atoms with Crippen molar-refractivity contribution < 1.29 is 4.42 Å². The van der Waals surface area contributed by atoms with Gasteiger partial charge in [0, 0.05) is 27.5 Å². The molecule has 0 aliphatic rings. The minimum atomic E-state index is 0.593. The Kier molecular flexibility index (Phi) is 7.78. The van der Waals surface area contributed by atoms with Crippen molar-refractivity contribution in [2.45, 2.75) is 0 Å². The van der Waals surface area contributed by atoms with Crippen molar-refractivity contribution in [3.8, 4) is 67.5 Å². The van der Waals surface area contributed by atoms with Gasteiger partial charge in [-0.3, -0.25) is 0 Å². The van der Waals surface area contributed by atoms with E-state index in [0.717, 1.165) is 71.3 Å². The van der Waals surface area contributed by atoms with E-state index < -0.39 is 0 Å². The molecule has 4 nitrogen and oxygen atoms in total. The molecular formula is C53H33N3O. The van der Waals surface area contributed by atoms with E-state index >= 15 is 0 Å². The van der Waals surface area contributed by atoms with Crippen molar-refractivity contribution in [3.63, 3.8) is 0 Å². The van der Waals surface area contributed by atoms with Gasteiger partial charge >= 0.3 is 0 Å². The number of furan rings is 1. The summed E-state index contributed by atoms with van der Waals surface area (Å²) in [5.74, 6) is 1.82. The predicted molar refractivity (Wildman–Crippen MR) is 235 cm³/mol. The van der Waals surface area contributed by atoms with Gasteiger partial charge in [-0.25, -0.2) is 15.0 Å². The lowest BCUT2D eigenvalue weighted by molar-refractivity contribution is 0.669. The van der Waals surface area contributed by atoms with Crippen LogP contribution in [0.4, 0.5) is 0 Å². The molecule has 0 bridgehead atoms. The van der Waals surface area contributed by atoms with Gasteiger partial charge in [0.1, 0.15) is 11.2 Å². The van der Waals surface area contributed by atoms with Gasteiger partial charge in [-0.05, 0) is 91.3 Å². The molecule has 266 valence electrons. The third kappa shape index (κ3) is 5.92. The quantitative estimate of drug-likeness (QED) is 0.171. The van der Waals surface area contributed by atoms with Gasteiger partial charge in [-0.15, -0.1) is 0 Å². The lowest BCUT2D eigenvalue weighted by Crippen LogP contribution is -2.00. The number of rotatable bonds is 6. The molecule has 0 fully saturated rings. The third-order valence-electron chi connectivity index (χ3n) is 10.9. The van der Waals surface area contributed by atoms with E-state index in [1.807, 2.05) is 36.4 Å². The smallest absolute Gasteiger partial charge is 0.164 e. The molecule has 57 heavy (non-hydrogen) atoms. The van der Waals surface area contributed by atoms with Crippen LogP contribution in [-0.4, -0.2) is 15.0 Å². The summed E-state index contributed by atoms with van der Waals surface area (Å²) in [6.45, 7) is 0. The minimum Gasteiger partial charge on any atom is -0.456 e. The number of aromatic nitrogens is 3. The Morgan fingerprint density at radius 2 is 0.772 bits per heavy atom. The van der Waals surface area contributed by atoms with Crippen LogP contribution in [0.15, 0.2) is 205 Å². The van der Waals surface area contributed by atoms with E-state index in [1.165, 1.54) is 22.3 Å². The Morgan fingerprint density at radius 3 is 1.47 bits per heavy atom. The van der Waals surface area contributed by atoms with E-state index in [1.54, 1.807) is 0 Å². The van der Waals surface area contributed by atoms with Gasteiger partial charge in [0.05, 0.1) is 0 Å². The van der Waals surface area contributed by atoms with Crippen molar-refractivity contribution in [2.75, 3.05) is 0 Å². The molecule has 2 aromatic heterocycles. The van der Waals surface area contributed by atoms with Crippen molar-refractivity contribution in [1.29, 1.82) is 0 Å². The molecule has 0 amide bonds. The average Bonchev–Trinajstić information content (AvgIpc) is 3.67. The molecule has 0 N–H and O–H groups in total. The number of fused-ring (bicyclic) bond motifs is 6. The van der Waals surface area contributed by atoms with Crippen LogP contribution in [-0.2, 0) is 0 Å². The van der Waals surface area contributed by atoms with Crippen molar-refractivity contribution in [3.05, 3.63) is 200 Å². The first kappa shape index (κ1) is 32.7. The second kappa shape index (κ2) is 13.6. The monoisotopic (exact) mass is 727 g/mol. The number of hydrogen-bond acceptors (Lipinski definition) is 4. The second-order valence-electron chi connectivity index (χ2n) is 14.4. The Bertz CT molecular complexity index is 3280. The maximum absolute atomic E-state index is 6.65. The summed E-state index contributed by atoms with van der Waals surface area (Å²) in [5, 5.41) is 6.56. The lowest BCUT2D eigenvalue weighted by atomic mass is 9.96. The topological polar surface area (TPSA) is 51.8 Å². The molecule has 0 aliphatic carbocycles. The van der Waals surface area contributed by atoms with Crippen LogP contribution >= 0.6 is 0 Å². The standard InChI is InChI=1S/C53H33N3O/c1-4-13-34(14-5-1)37-19-12-20-38(29-37)42-27-28-48-47(32-42)50-45-22-11-10-21-44(45)46(33-49(50)57-48)53-55-51(36-17-8-3-9-18-36)54-52(56-53)43-26-25-40-30-39(23-24-41(40)31-43)35-15-6-2-7-16-35/h1-33H. The highest BCUT2D eigenvalue weighted by atomic mass is 16.3. The van der Waals surface area contributed by atoms with Gasteiger partial charge in [0.25, 0.3) is 0 Å². The predicted octanol–water partition coefficient (Wildman–Crippen LogP) is 14.1. The maximum atomic E-state index is 6.65. The Balaban J connectivity index is 1.06. The summed E-state index contributed by atoms with van der Waals surface area (Å²) in [4.78, 5) is 15.4. The summed E-state index contributed by atoms with van der Waals surface area (Å²) in [5.41, 5.74) is 11.4. The number of nitrogens with zero attached hydrogens (tertiary/aromatic N) is 3. The highest BCUT2D eigenvalue weighted by Crippen LogP contribution is 2.41. The van der Waals surface area contributed by atoms with E-state index in [0.29, 0.717) is 17.5 Å². The van der Waals surface area contributed by atoms with Crippen LogP contribution in [0.2, 0.25) is 0 Å². The highest BCUT2D eigenvalue weighted by Gasteiger charge is 2.20. The molecule has 11 rings (SSSR count). The average molecular weight is 728 g/mol. The molecular weight excluding hydrogens is 695 g/mol. The van der Waals surface area contributed by atoms with Crippen LogP contribution in [0, 0.1) is 0 Å². The van der Waals surface area contributed by atoms with Gasteiger partial charge in [0.15, 0.2) is 17.5 Å². The van der Waals surface area contributed by atoms with Crippen molar-refractivity contribution in [1.82, 2.24) is 15.0 Å². The minimum absolute atomic E-state index is 0.593. The fourth-order valence-electron chi connectivity index (χ4n) is 8.05. The SMILES string of the molecule is c1ccc(-c2cccc(-c3ccc4oc5cc(-c6nc(-c7ccccc7)nc(-c7ccc8cc(-c9ccccc9)ccc8c7)n6)c6ccccc6c5c4c3)c2)cc1. The third-order valence-corrected chi connectivity index (χ3v) is 10.9. The summed E-state index contributed by atoms with van der Waals surface area (Å²) in [6.07, 6.45) is 0.